The van der Waals surface area contributed by atoms with Crippen molar-refractivity contribution in [3.8, 4) is 0 Å². The molecule has 0 saturated carbocycles. The number of carbonyl (C=O) groups is 2. The Hall–Kier alpha value is -0.860. The average Bonchev–Trinajstić information content (AvgIpc) is 1.88. The summed E-state index contributed by atoms with van der Waals surface area (Å²) in [5, 5.41) is 0. The van der Waals surface area contributed by atoms with E-state index in [0.717, 1.165) is 0 Å². The van der Waals surface area contributed by atoms with E-state index in [9.17, 15) is 9.59 Å². The van der Waals surface area contributed by atoms with Crippen molar-refractivity contribution in [1.82, 2.24) is 0 Å². The third-order valence-electron chi connectivity index (χ3n) is 0.813. The molecule has 0 atom stereocenters. The Morgan fingerprint density at radius 2 is 1.90 bits per heavy atom. The zero-order chi connectivity index (χ0) is 7.98. The highest BCUT2D eigenvalue weighted by Crippen LogP contribution is 1.90. The summed E-state index contributed by atoms with van der Waals surface area (Å²) in [7, 11) is 0. The van der Waals surface area contributed by atoms with E-state index < -0.39 is 5.97 Å². The number of ketones is 1. The highest BCUT2D eigenvalue weighted by atomic mass is 16.5. The molecular formula is C7H8O3. The smallest absolute Gasteiger partial charge is 0.313 e. The van der Waals surface area contributed by atoms with Crippen molar-refractivity contribution >= 4 is 11.8 Å². The van der Waals surface area contributed by atoms with Crippen molar-refractivity contribution in [2.24, 2.45) is 0 Å². The van der Waals surface area contributed by atoms with Crippen LogP contribution in [0.5, 0.6) is 0 Å². The van der Waals surface area contributed by atoms with Gasteiger partial charge in [0.05, 0.1) is 6.61 Å². The van der Waals surface area contributed by atoms with E-state index in [1.807, 2.05) is 0 Å². The van der Waals surface area contributed by atoms with Gasteiger partial charge in [0.1, 0.15) is 12.2 Å². The van der Waals surface area contributed by atoms with Crippen molar-refractivity contribution in [3.05, 3.63) is 13.8 Å². The SMILES string of the molecule is [CH]COC(=O)CC(=O)C[CH]. The standard InChI is InChI=1S/C7H8O3/c1-3-6(8)5-7(9)10-4-2/h1-2H,3-5H2. The Morgan fingerprint density at radius 1 is 1.30 bits per heavy atom. The molecule has 0 aliphatic heterocycles. The molecular weight excluding hydrogens is 132 g/mol. The van der Waals surface area contributed by atoms with Crippen LogP contribution < -0.4 is 0 Å². The second-order valence-corrected chi connectivity index (χ2v) is 1.60. The maximum atomic E-state index is 10.4. The maximum absolute atomic E-state index is 10.4. The minimum atomic E-state index is -0.627. The van der Waals surface area contributed by atoms with Crippen LogP contribution in [0.1, 0.15) is 12.8 Å². The van der Waals surface area contributed by atoms with Crippen molar-refractivity contribution < 1.29 is 14.3 Å². The van der Waals surface area contributed by atoms with Crippen molar-refractivity contribution in [3.63, 3.8) is 0 Å². The predicted molar refractivity (Wildman–Crippen MR) is 33.8 cm³/mol. The van der Waals surface area contributed by atoms with Gasteiger partial charge in [0, 0.05) is 13.3 Å². The van der Waals surface area contributed by atoms with E-state index in [4.69, 9.17) is 13.8 Å². The number of Topliss-reactive ketones (excluding diaryl/α,β-unsaturated/α-hetero) is 1. The van der Waals surface area contributed by atoms with Crippen molar-refractivity contribution in [2.45, 2.75) is 12.8 Å². The first kappa shape index (κ1) is 9.14. The molecule has 0 fully saturated rings. The van der Waals surface area contributed by atoms with Crippen LogP contribution in [0, 0.1) is 13.8 Å². The first-order valence-corrected chi connectivity index (χ1v) is 2.78. The second kappa shape index (κ2) is 4.97. The molecule has 0 aromatic carbocycles. The van der Waals surface area contributed by atoms with Crippen LogP contribution in [-0.2, 0) is 14.3 Å². The lowest BCUT2D eigenvalue weighted by atomic mass is 10.2. The van der Waals surface area contributed by atoms with E-state index in [0.29, 0.717) is 0 Å². The molecule has 0 aromatic rings. The number of esters is 1. The van der Waals surface area contributed by atoms with E-state index in [-0.39, 0.29) is 25.2 Å². The maximum Gasteiger partial charge on any atom is 0.313 e. The Labute approximate surface area is 60.4 Å². The molecule has 0 bridgehead atoms. The fraction of sp³-hybridized carbons (Fsp3) is 0.429. The Balaban J connectivity index is 3.47. The van der Waals surface area contributed by atoms with Crippen LogP contribution in [0.2, 0.25) is 0 Å². The van der Waals surface area contributed by atoms with Gasteiger partial charge in [0.2, 0.25) is 0 Å². The number of rotatable bonds is 4. The third-order valence-corrected chi connectivity index (χ3v) is 0.813. The molecule has 0 aromatic heterocycles. The van der Waals surface area contributed by atoms with Crippen LogP contribution in [0.3, 0.4) is 0 Å². The molecule has 3 nitrogen and oxygen atoms in total. The van der Waals surface area contributed by atoms with Crippen LogP contribution in [0.15, 0.2) is 0 Å². The molecule has 0 N–H and O–H groups in total. The van der Waals surface area contributed by atoms with Gasteiger partial charge in [-0.3, -0.25) is 9.59 Å². The van der Waals surface area contributed by atoms with Crippen LogP contribution >= 0.6 is 0 Å². The highest BCUT2D eigenvalue weighted by molar-refractivity contribution is 5.95. The molecule has 10 heavy (non-hydrogen) atoms. The van der Waals surface area contributed by atoms with E-state index in [2.05, 4.69) is 4.74 Å². The Bertz CT molecular complexity index is 129. The Morgan fingerprint density at radius 3 is 2.30 bits per heavy atom. The van der Waals surface area contributed by atoms with E-state index >= 15 is 0 Å². The molecule has 0 spiro atoms. The summed E-state index contributed by atoms with van der Waals surface area (Å²) in [5.74, 6) is -0.976. The van der Waals surface area contributed by atoms with Gasteiger partial charge in [-0.1, -0.05) is 0 Å². The summed E-state index contributed by atoms with van der Waals surface area (Å²) < 4.78 is 4.28. The van der Waals surface area contributed by atoms with Crippen molar-refractivity contribution in [2.75, 3.05) is 6.61 Å². The molecule has 0 amide bonds. The molecule has 0 rings (SSSR count). The molecule has 0 saturated heterocycles. The van der Waals surface area contributed by atoms with Gasteiger partial charge in [-0.15, -0.1) is 0 Å². The first-order chi connectivity index (χ1) is 4.70. The minimum Gasteiger partial charge on any atom is -0.465 e. The van der Waals surface area contributed by atoms with Crippen LogP contribution in [0.4, 0.5) is 0 Å². The lowest BCUT2D eigenvalue weighted by molar-refractivity contribution is -0.144. The number of hydrogen-bond donors (Lipinski definition) is 0. The molecule has 0 unspecified atom stereocenters. The molecule has 54 valence electrons. The van der Waals surface area contributed by atoms with Gasteiger partial charge in [0.25, 0.3) is 0 Å². The van der Waals surface area contributed by atoms with E-state index in [1.54, 1.807) is 0 Å². The van der Waals surface area contributed by atoms with Gasteiger partial charge < -0.3 is 4.74 Å². The van der Waals surface area contributed by atoms with Crippen molar-refractivity contribution in [1.29, 1.82) is 0 Å². The van der Waals surface area contributed by atoms with Gasteiger partial charge in [-0.2, -0.15) is 0 Å². The van der Waals surface area contributed by atoms with Gasteiger partial charge in [-0.25, -0.2) is 0 Å². The normalized spacial score (nSPS) is 9.00. The summed E-state index contributed by atoms with van der Waals surface area (Å²) in [6, 6.07) is 0. The summed E-state index contributed by atoms with van der Waals surface area (Å²) in [4.78, 5) is 20.9. The first-order valence-electron chi connectivity index (χ1n) is 2.78. The monoisotopic (exact) mass is 140 g/mol. The van der Waals surface area contributed by atoms with Gasteiger partial charge in [-0.05, 0) is 6.92 Å². The summed E-state index contributed by atoms with van der Waals surface area (Å²) in [6.45, 7) is 9.59. The lowest BCUT2D eigenvalue weighted by Gasteiger charge is -1.97. The lowest BCUT2D eigenvalue weighted by Crippen LogP contribution is -2.09. The van der Waals surface area contributed by atoms with Gasteiger partial charge in [0.15, 0.2) is 0 Å². The molecule has 0 heterocycles. The number of carbonyl (C=O) groups excluding carboxylic acids is 2. The molecule has 0 aliphatic carbocycles. The predicted octanol–water partition coefficient (Wildman–Crippen LogP) is 0.301. The zero-order valence-electron chi connectivity index (χ0n) is 5.50. The minimum absolute atomic E-state index is 0.139. The largest absolute Gasteiger partial charge is 0.465 e. The highest BCUT2D eigenvalue weighted by Gasteiger charge is 2.06. The quantitative estimate of drug-likeness (QED) is 0.416. The zero-order valence-corrected chi connectivity index (χ0v) is 5.50. The number of ether oxygens (including phenoxy) is 1. The Kier molecular flexibility index (Phi) is 4.54. The van der Waals surface area contributed by atoms with Gasteiger partial charge >= 0.3 is 5.97 Å². The second-order valence-electron chi connectivity index (χ2n) is 1.60. The fourth-order valence-corrected chi connectivity index (χ4v) is 0.377. The molecule has 3 heteroatoms. The average molecular weight is 140 g/mol. The molecule has 4 radical (unpaired) electrons. The fourth-order valence-electron chi connectivity index (χ4n) is 0.377. The summed E-state index contributed by atoms with van der Waals surface area (Å²) in [6.07, 6.45) is -0.423. The molecule has 0 aliphatic rings. The number of hydrogen-bond acceptors (Lipinski definition) is 3. The van der Waals surface area contributed by atoms with Crippen LogP contribution in [-0.4, -0.2) is 18.4 Å². The summed E-state index contributed by atoms with van der Waals surface area (Å²) >= 11 is 0. The van der Waals surface area contributed by atoms with Crippen LogP contribution in [0.25, 0.3) is 0 Å². The topological polar surface area (TPSA) is 43.4 Å². The third kappa shape index (κ3) is 4.06. The van der Waals surface area contributed by atoms with E-state index in [1.165, 1.54) is 0 Å². The summed E-state index contributed by atoms with van der Waals surface area (Å²) in [5.41, 5.74) is 0.